The van der Waals surface area contributed by atoms with Crippen LogP contribution in [0.4, 0.5) is 19.5 Å². The maximum Gasteiger partial charge on any atom is 0.410 e. The third-order valence-corrected chi connectivity index (χ3v) is 9.26. The molecule has 1 aromatic heterocycles. The van der Waals surface area contributed by atoms with E-state index in [0.717, 1.165) is 30.5 Å². The quantitative estimate of drug-likeness (QED) is 0.305. The average Bonchev–Trinajstić information content (AvgIpc) is 3.42. The highest BCUT2D eigenvalue weighted by Gasteiger charge is 2.34. The molecular formula is C33H43F2N5O6S. The fraction of sp³-hybridized carbons (Fsp3) is 0.485. The third-order valence-electron chi connectivity index (χ3n) is 8.39. The molecule has 256 valence electrons. The molecule has 2 aromatic carbocycles. The zero-order valence-electron chi connectivity index (χ0n) is 27.1. The lowest BCUT2D eigenvalue weighted by molar-refractivity contribution is 0.0577. The van der Waals surface area contributed by atoms with Gasteiger partial charge >= 0.3 is 6.09 Å². The molecule has 3 N–H and O–H groups in total. The second kappa shape index (κ2) is 15.8. The number of ether oxygens (including phenoxy) is 2. The second-order valence-electron chi connectivity index (χ2n) is 12.4. The lowest BCUT2D eigenvalue weighted by Crippen LogP contribution is -2.41. The SMILES string of the molecule is CC(C)OC(=O)N1CCC([C@@H](C)COc2cnc(N3C[C@H](c4cc(F)ccc4F)[C@@H](N)C3)nc2)CC1.Cc1ccc(S(=O)(=O)O)cc1. The Morgan fingerprint density at radius 3 is 2.28 bits per heavy atom. The topological polar surface area (TPSA) is 148 Å². The van der Waals surface area contributed by atoms with Crippen LogP contribution in [-0.2, 0) is 14.9 Å². The van der Waals surface area contributed by atoms with Gasteiger partial charge in [-0.15, -0.1) is 0 Å². The number of nitrogens with two attached hydrogens (primary N) is 1. The van der Waals surface area contributed by atoms with Gasteiger partial charge in [-0.1, -0.05) is 24.6 Å². The molecule has 2 fully saturated rings. The van der Waals surface area contributed by atoms with Gasteiger partial charge in [0.05, 0.1) is 30.0 Å². The number of carbonyl (C=O) groups excluding carboxylic acids is 1. The predicted molar refractivity (Wildman–Crippen MR) is 173 cm³/mol. The van der Waals surface area contributed by atoms with E-state index in [1.54, 1.807) is 29.4 Å². The molecule has 47 heavy (non-hydrogen) atoms. The number of hydrogen-bond donors (Lipinski definition) is 2. The summed E-state index contributed by atoms with van der Waals surface area (Å²) in [5.41, 5.74) is 7.48. The Bertz CT molecular complexity index is 1590. The molecular weight excluding hydrogens is 632 g/mol. The first-order valence-electron chi connectivity index (χ1n) is 15.6. The number of carbonyl (C=O) groups is 1. The summed E-state index contributed by atoms with van der Waals surface area (Å²) in [4.78, 5) is 24.5. The number of halogens is 2. The van der Waals surface area contributed by atoms with Gasteiger partial charge in [0.2, 0.25) is 5.95 Å². The van der Waals surface area contributed by atoms with Crippen LogP contribution in [0.15, 0.2) is 59.8 Å². The van der Waals surface area contributed by atoms with Crippen LogP contribution >= 0.6 is 0 Å². The van der Waals surface area contributed by atoms with Crippen molar-refractivity contribution in [2.45, 2.75) is 63.5 Å². The van der Waals surface area contributed by atoms with Crippen LogP contribution in [0.25, 0.3) is 0 Å². The van der Waals surface area contributed by atoms with E-state index in [1.165, 1.54) is 18.2 Å². The molecule has 0 aliphatic carbocycles. The van der Waals surface area contributed by atoms with E-state index >= 15 is 0 Å². The van der Waals surface area contributed by atoms with Gasteiger partial charge in [0, 0.05) is 38.1 Å². The number of hydrogen-bond acceptors (Lipinski definition) is 9. The summed E-state index contributed by atoms with van der Waals surface area (Å²) in [6.45, 7) is 10.5. The van der Waals surface area contributed by atoms with Crippen molar-refractivity contribution >= 4 is 22.2 Å². The first-order valence-corrected chi connectivity index (χ1v) is 17.0. The largest absolute Gasteiger partial charge is 0.490 e. The van der Waals surface area contributed by atoms with E-state index in [1.807, 2.05) is 25.7 Å². The Kier molecular flexibility index (Phi) is 12.1. The molecule has 3 atom stereocenters. The van der Waals surface area contributed by atoms with E-state index in [9.17, 15) is 22.0 Å². The standard InChI is InChI=1S/C26H35F2N5O3.C7H8O3S/c1-16(2)36-26(34)32-8-6-18(7-9-32)17(3)15-35-20-11-30-25(31-12-20)33-13-22(24(29)14-33)21-10-19(27)4-5-23(21)28;1-6-2-4-7(5-3-6)11(8,9)10/h4-5,10-12,16-18,22,24H,6-9,13-15,29H2,1-3H3;2-5H,1H3,(H,8,9,10)/t17-,22+,24-;/m0./s1. The molecule has 11 nitrogen and oxygen atoms in total. The molecule has 3 heterocycles. The zero-order chi connectivity index (χ0) is 34.3. The Morgan fingerprint density at radius 2 is 1.68 bits per heavy atom. The monoisotopic (exact) mass is 675 g/mol. The smallest absolute Gasteiger partial charge is 0.410 e. The van der Waals surface area contributed by atoms with Gasteiger partial charge < -0.3 is 25.0 Å². The van der Waals surface area contributed by atoms with Crippen LogP contribution < -0.4 is 15.4 Å². The number of aromatic nitrogens is 2. The highest BCUT2D eigenvalue weighted by atomic mass is 32.2. The molecule has 1 amide bonds. The molecule has 3 aromatic rings. The molecule has 2 saturated heterocycles. The van der Waals surface area contributed by atoms with E-state index in [-0.39, 0.29) is 34.6 Å². The van der Waals surface area contributed by atoms with Crippen molar-refractivity contribution in [2.75, 3.05) is 37.7 Å². The summed E-state index contributed by atoms with van der Waals surface area (Å²) in [5.74, 6) is 0.526. The number of likely N-dealkylation sites (tertiary alicyclic amines) is 1. The van der Waals surface area contributed by atoms with Gasteiger partial charge in [0.15, 0.2) is 5.75 Å². The minimum absolute atomic E-state index is 0.0666. The van der Waals surface area contributed by atoms with Crippen molar-refractivity contribution < 1.29 is 36.0 Å². The van der Waals surface area contributed by atoms with Gasteiger partial charge in [0.1, 0.15) is 11.6 Å². The number of nitrogens with zero attached hydrogens (tertiary/aromatic N) is 4. The fourth-order valence-electron chi connectivity index (χ4n) is 5.67. The van der Waals surface area contributed by atoms with Crippen molar-refractivity contribution in [1.82, 2.24) is 14.9 Å². The van der Waals surface area contributed by atoms with Gasteiger partial charge in [-0.05, 0) is 81.3 Å². The molecule has 0 radical (unpaired) electrons. The highest BCUT2D eigenvalue weighted by molar-refractivity contribution is 7.85. The Hall–Kier alpha value is -3.88. The minimum atomic E-state index is -4.02. The molecule has 14 heteroatoms. The fourth-order valence-corrected chi connectivity index (χ4v) is 6.15. The summed E-state index contributed by atoms with van der Waals surface area (Å²) in [7, 11) is -4.02. The molecule has 0 bridgehead atoms. The summed E-state index contributed by atoms with van der Waals surface area (Å²) in [5, 5.41) is 0. The first kappa shape index (κ1) is 36.0. The number of benzene rings is 2. The first-order chi connectivity index (χ1) is 22.2. The maximum atomic E-state index is 14.3. The lowest BCUT2D eigenvalue weighted by Gasteiger charge is -2.34. The zero-order valence-corrected chi connectivity index (χ0v) is 27.9. The summed E-state index contributed by atoms with van der Waals surface area (Å²) < 4.78 is 68.7. The third kappa shape index (κ3) is 10.1. The predicted octanol–water partition coefficient (Wildman–Crippen LogP) is 5.20. The summed E-state index contributed by atoms with van der Waals surface area (Å²) in [6.07, 6.45) is 4.72. The Morgan fingerprint density at radius 1 is 1.04 bits per heavy atom. The van der Waals surface area contributed by atoms with E-state index in [2.05, 4.69) is 16.9 Å². The van der Waals surface area contributed by atoms with E-state index < -0.39 is 21.8 Å². The van der Waals surface area contributed by atoms with Crippen molar-refractivity contribution in [2.24, 2.45) is 17.6 Å². The Labute approximate surface area is 274 Å². The minimum Gasteiger partial charge on any atom is -0.490 e. The molecule has 2 aliphatic heterocycles. The van der Waals surface area contributed by atoms with Gasteiger partial charge in [-0.3, -0.25) is 4.55 Å². The van der Waals surface area contributed by atoms with Crippen LogP contribution in [0.3, 0.4) is 0 Å². The highest BCUT2D eigenvalue weighted by Crippen LogP contribution is 2.31. The van der Waals surface area contributed by atoms with E-state index in [0.29, 0.717) is 56.3 Å². The van der Waals surface area contributed by atoms with Crippen molar-refractivity contribution in [3.8, 4) is 5.75 Å². The van der Waals surface area contributed by atoms with Gasteiger partial charge in [-0.25, -0.2) is 23.5 Å². The number of amides is 1. The van der Waals surface area contributed by atoms with E-state index in [4.69, 9.17) is 19.8 Å². The summed E-state index contributed by atoms with van der Waals surface area (Å²) >= 11 is 0. The van der Waals surface area contributed by atoms with Crippen LogP contribution in [-0.4, -0.2) is 78.9 Å². The molecule has 2 aliphatic rings. The van der Waals surface area contributed by atoms with Crippen molar-refractivity contribution in [3.63, 3.8) is 0 Å². The number of rotatable bonds is 8. The number of aryl methyl sites for hydroxylation is 1. The second-order valence-corrected chi connectivity index (χ2v) is 13.8. The summed E-state index contributed by atoms with van der Waals surface area (Å²) in [6, 6.07) is 9.08. The maximum absolute atomic E-state index is 14.3. The normalized spacial score (nSPS) is 19.3. The average molecular weight is 676 g/mol. The number of piperidine rings is 1. The van der Waals surface area contributed by atoms with Gasteiger partial charge in [-0.2, -0.15) is 8.42 Å². The molecule has 0 saturated carbocycles. The van der Waals surface area contributed by atoms with Crippen LogP contribution in [0, 0.1) is 30.4 Å². The van der Waals surface area contributed by atoms with Crippen molar-refractivity contribution in [1.29, 1.82) is 0 Å². The number of anilines is 1. The molecule has 0 spiro atoms. The lowest BCUT2D eigenvalue weighted by atomic mass is 9.86. The van der Waals surface area contributed by atoms with Crippen LogP contribution in [0.1, 0.15) is 50.7 Å². The van der Waals surface area contributed by atoms with Crippen LogP contribution in [0.2, 0.25) is 0 Å². The molecule has 0 unspecified atom stereocenters. The van der Waals surface area contributed by atoms with Crippen LogP contribution in [0.5, 0.6) is 5.75 Å². The Balaban J connectivity index is 0.000000385. The molecule has 5 rings (SSSR count). The van der Waals surface area contributed by atoms with Crippen molar-refractivity contribution in [3.05, 3.63) is 77.6 Å². The van der Waals surface area contributed by atoms with Gasteiger partial charge in [0.25, 0.3) is 10.1 Å².